The van der Waals surface area contributed by atoms with E-state index >= 15 is 0 Å². The molecule has 0 aliphatic carbocycles. The second kappa shape index (κ2) is 18.7. The number of esters is 2. The fourth-order valence-corrected chi connectivity index (χ4v) is 4.67. The van der Waals surface area contributed by atoms with Gasteiger partial charge in [-0.25, -0.2) is 14.0 Å². The summed E-state index contributed by atoms with van der Waals surface area (Å²) in [6.45, 7) is 5.36. The van der Waals surface area contributed by atoms with Crippen LogP contribution in [0.5, 0.6) is 11.5 Å². The Kier molecular flexibility index (Phi) is 14.7. The Bertz CT molecular complexity index is 1260. The van der Waals surface area contributed by atoms with E-state index in [-0.39, 0.29) is 17.4 Å². The van der Waals surface area contributed by atoms with E-state index in [0.717, 1.165) is 48.8 Å². The van der Waals surface area contributed by atoms with Crippen molar-refractivity contribution in [1.29, 1.82) is 0 Å². The summed E-state index contributed by atoms with van der Waals surface area (Å²) in [5.74, 6) is -1.35. The van der Waals surface area contributed by atoms with E-state index in [4.69, 9.17) is 18.9 Å². The maximum atomic E-state index is 14.7. The van der Waals surface area contributed by atoms with E-state index < -0.39 is 17.8 Å². The van der Waals surface area contributed by atoms with Gasteiger partial charge in [-0.2, -0.15) is 0 Å². The lowest BCUT2D eigenvalue weighted by molar-refractivity contribution is 0.0310. The van der Waals surface area contributed by atoms with Gasteiger partial charge in [0.25, 0.3) is 0 Å². The molecule has 232 valence electrons. The van der Waals surface area contributed by atoms with E-state index in [0.29, 0.717) is 18.6 Å². The summed E-state index contributed by atoms with van der Waals surface area (Å²) in [6, 6.07) is 18.6. The molecule has 1 unspecified atom stereocenters. The standard InChI is InChI=1S/C36H45FO6/c1-4-5-6-7-8-9-11-25-41-31-20-18-29(19-21-31)28-14-16-30(17-15-28)35(38)43-32-22-23-33(34(37)26-32)36(39)42-27(2)13-10-12-24-40-3/h14-23,26-27H,4-13,24-25H2,1-3H3. The minimum atomic E-state index is -0.813. The van der Waals surface area contributed by atoms with Gasteiger partial charge in [-0.15, -0.1) is 0 Å². The van der Waals surface area contributed by atoms with Gasteiger partial charge < -0.3 is 18.9 Å². The quantitative estimate of drug-likeness (QED) is 0.0785. The van der Waals surface area contributed by atoms with Crippen LogP contribution in [0.15, 0.2) is 66.7 Å². The predicted octanol–water partition coefficient (Wildman–Crippen LogP) is 9.20. The molecule has 43 heavy (non-hydrogen) atoms. The molecule has 0 spiro atoms. The molecule has 0 amide bonds. The van der Waals surface area contributed by atoms with E-state index in [2.05, 4.69) is 6.92 Å². The van der Waals surface area contributed by atoms with Crippen LogP contribution in [0, 0.1) is 5.82 Å². The molecule has 0 saturated carbocycles. The van der Waals surface area contributed by atoms with Crippen molar-refractivity contribution in [3.63, 3.8) is 0 Å². The van der Waals surface area contributed by atoms with Crippen LogP contribution in [-0.4, -0.2) is 38.4 Å². The SMILES string of the molecule is CCCCCCCCCOc1ccc(-c2ccc(C(=O)Oc3ccc(C(=O)OC(C)CCCCOC)c(F)c3)cc2)cc1. The zero-order valence-electron chi connectivity index (χ0n) is 25.7. The molecule has 0 N–H and O–H groups in total. The summed E-state index contributed by atoms with van der Waals surface area (Å²) in [5, 5.41) is 0. The number of ether oxygens (including phenoxy) is 4. The Hall–Kier alpha value is -3.71. The smallest absolute Gasteiger partial charge is 0.343 e. The van der Waals surface area contributed by atoms with Crippen molar-refractivity contribution in [2.75, 3.05) is 20.3 Å². The monoisotopic (exact) mass is 592 g/mol. The molecule has 0 aliphatic rings. The average molecular weight is 593 g/mol. The third kappa shape index (κ3) is 11.8. The number of hydrogen-bond donors (Lipinski definition) is 0. The highest BCUT2D eigenvalue weighted by Gasteiger charge is 2.18. The largest absolute Gasteiger partial charge is 0.494 e. The lowest BCUT2D eigenvalue weighted by atomic mass is 10.0. The van der Waals surface area contributed by atoms with Crippen LogP contribution < -0.4 is 9.47 Å². The molecular formula is C36H45FO6. The Morgan fingerprint density at radius 3 is 1.98 bits per heavy atom. The molecule has 0 radical (unpaired) electrons. The summed E-state index contributed by atoms with van der Waals surface area (Å²) < 4.78 is 36.3. The number of rotatable bonds is 19. The third-order valence-corrected chi connectivity index (χ3v) is 7.21. The summed E-state index contributed by atoms with van der Waals surface area (Å²) in [4.78, 5) is 25.1. The van der Waals surface area contributed by atoms with Gasteiger partial charge in [-0.3, -0.25) is 0 Å². The van der Waals surface area contributed by atoms with E-state index in [1.165, 1.54) is 50.7 Å². The maximum Gasteiger partial charge on any atom is 0.343 e. The van der Waals surface area contributed by atoms with Gasteiger partial charge in [-0.1, -0.05) is 69.7 Å². The lowest BCUT2D eigenvalue weighted by Crippen LogP contribution is -2.16. The highest BCUT2D eigenvalue weighted by molar-refractivity contribution is 5.92. The predicted molar refractivity (Wildman–Crippen MR) is 167 cm³/mol. The zero-order chi connectivity index (χ0) is 30.9. The minimum Gasteiger partial charge on any atom is -0.494 e. The first-order valence-corrected chi connectivity index (χ1v) is 15.5. The Morgan fingerprint density at radius 1 is 0.721 bits per heavy atom. The number of carbonyl (C=O) groups excluding carboxylic acids is 2. The van der Waals surface area contributed by atoms with Crippen LogP contribution in [0.2, 0.25) is 0 Å². The second-order valence-electron chi connectivity index (χ2n) is 10.8. The van der Waals surface area contributed by atoms with E-state index in [1.807, 2.05) is 36.4 Å². The Balaban J connectivity index is 1.46. The zero-order valence-corrected chi connectivity index (χ0v) is 25.7. The molecule has 0 aromatic heterocycles. The summed E-state index contributed by atoms with van der Waals surface area (Å²) in [6.07, 6.45) is 10.7. The van der Waals surface area contributed by atoms with Crippen LogP contribution in [0.1, 0.15) is 98.8 Å². The normalized spacial score (nSPS) is 11.6. The third-order valence-electron chi connectivity index (χ3n) is 7.21. The van der Waals surface area contributed by atoms with Crippen LogP contribution in [0.3, 0.4) is 0 Å². The highest BCUT2D eigenvalue weighted by atomic mass is 19.1. The Labute approximate surface area is 255 Å². The molecule has 0 fully saturated rings. The van der Waals surface area contributed by atoms with Crippen LogP contribution in [0.4, 0.5) is 4.39 Å². The number of benzene rings is 3. The van der Waals surface area contributed by atoms with Crippen molar-refractivity contribution in [2.24, 2.45) is 0 Å². The topological polar surface area (TPSA) is 71.1 Å². The van der Waals surface area contributed by atoms with Gasteiger partial charge in [0.1, 0.15) is 17.3 Å². The minimum absolute atomic E-state index is 0.00261. The summed E-state index contributed by atoms with van der Waals surface area (Å²) >= 11 is 0. The maximum absolute atomic E-state index is 14.7. The number of unbranched alkanes of at least 4 members (excludes halogenated alkanes) is 7. The molecule has 0 saturated heterocycles. The number of carbonyl (C=O) groups is 2. The van der Waals surface area contributed by atoms with Crippen molar-refractivity contribution >= 4 is 11.9 Å². The van der Waals surface area contributed by atoms with Crippen molar-refractivity contribution in [3.05, 3.63) is 83.7 Å². The Morgan fingerprint density at radius 2 is 1.33 bits per heavy atom. The fourth-order valence-electron chi connectivity index (χ4n) is 4.67. The molecule has 0 bridgehead atoms. The van der Waals surface area contributed by atoms with E-state index in [1.54, 1.807) is 26.2 Å². The molecule has 0 aliphatic heterocycles. The second-order valence-corrected chi connectivity index (χ2v) is 10.8. The van der Waals surface area contributed by atoms with Gasteiger partial charge in [-0.05, 0) is 80.1 Å². The molecule has 7 heteroatoms. The number of halogens is 1. The molecule has 0 heterocycles. The molecule has 6 nitrogen and oxygen atoms in total. The molecule has 3 aromatic rings. The number of methoxy groups -OCH3 is 1. The average Bonchev–Trinajstić information content (AvgIpc) is 3.01. The fraction of sp³-hybridized carbons (Fsp3) is 0.444. The number of hydrogen-bond acceptors (Lipinski definition) is 6. The van der Waals surface area contributed by atoms with Crippen molar-refractivity contribution in [3.8, 4) is 22.6 Å². The summed E-state index contributed by atoms with van der Waals surface area (Å²) in [7, 11) is 1.64. The van der Waals surface area contributed by atoms with Gasteiger partial charge in [0.05, 0.1) is 23.8 Å². The van der Waals surface area contributed by atoms with Crippen LogP contribution in [-0.2, 0) is 9.47 Å². The molecule has 1 atom stereocenters. The summed E-state index contributed by atoms with van der Waals surface area (Å²) in [5.41, 5.74) is 2.06. The van der Waals surface area contributed by atoms with Crippen molar-refractivity contribution in [2.45, 2.75) is 84.2 Å². The van der Waals surface area contributed by atoms with Crippen LogP contribution in [0.25, 0.3) is 11.1 Å². The lowest BCUT2D eigenvalue weighted by Gasteiger charge is -2.14. The van der Waals surface area contributed by atoms with Gasteiger partial charge >= 0.3 is 11.9 Å². The van der Waals surface area contributed by atoms with E-state index in [9.17, 15) is 14.0 Å². The van der Waals surface area contributed by atoms with Gasteiger partial charge in [0.15, 0.2) is 0 Å². The van der Waals surface area contributed by atoms with Crippen molar-refractivity contribution < 1.29 is 32.9 Å². The van der Waals surface area contributed by atoms with Gasteiger partial charge in [0, 0.05) is 19.8 Å². The molecule has 3 rings (SSSR count). The first-order chi connectivity index (χ1) is 20.9. The first kappa shape index (κ1) is 33.8. The van der Waals surface area contributed by atoms with Gasteiger partial charge in [0.2, 0.25) is 0 Å². The first-order valence-electron chi connectivity index (χ1n) is 15.5. The highest BCUT2D eigenvalue weighted by Crippen LogP contribution is 2.24. The van der Waals surface area contributed by atoms with Crippen molar-refractivity contribution in [1.82, 2.24) is 0 Å². The molecular weight excluding hydrogens is 547 g/mol. The molecule has 3 aromatic carbocycles. The van der Waals surface area contributed by atoms with Crippen LogP contribution >= 0.6 is 0 Å².